The van der Waals surface area contributed by atoms with Crippen LogP contribution in [0.5, 0.6) is 0 Å². The van der Waals surface area contributed by atoms with Gasteiger partial charge in [-0.05, 0) is 36.5 Å². The molecule has 0 amide bonds. The summed E-state index contributed by atoms with van der Waals surface area (Å²) in [4.78, 5) is 0. The van der Waals surface area contributed by atoms with Crippen molar-refractivity contribution in [2.75, 3.05) is 0 Å². The summed E-state index contributed by atoms with van der Waals surface area (Å²) in [5, 5.41) is 0. The van der Waals surface area contributed by atoms with E-state index in [1.807, 2.05) is 0 Å². The molecule has 0 aromatic heterocycles. The van der Waals surface area contributed by atoms with Crippen molar-refractivity contribution in [1.29, 1.82) is 0 Å². The molecule has 2 unspecified atom stereocenters. The fraction of sp³-hybridized carbons (Fsp3) is 1.00. The number of fused-ring (bicyclic) bond motifs is 1. The lowest BCUT2D eigenvalue weighted by atomic mass is 9.72. The van der Waals surface area contributed by atoms with Gasteiger partial charge in [-0.15, -0.1) is 24.0 Å². The third-order valence-corrected chi connectivity index (χ3v) is 4.07. The Morgan fingerprint density at radius 3 is 2.33 bits per heavy atom. The van der Waals surface area contributed by atoms with Crippen LogP contribution in [0.3, 0.4) is 0 Å². The lowest BCUT2D eigenvalue weighted by Gasteiger charge is -2.34. The first-order chi connectivity index (χ1) is 5.20. The molecule has 0 nitrogen and oxygen atoms in total. The summed E-state index contributed by atoms with van der Waals surface area (Å²) < 4.78 is 0. The summed E-state index contributed by atoms with van der Waals surface area (Å²) >= 11 is 0. The largest absolute Gasteiger partial charge is 0.107 e. The third kappa shape index (κ3) is 1.80. The first kappa shape index (κ1) is 10.8. The molecule has 0 radical (unpaired) electrons. The highest BCUT2D eigenvalue weighted by molar-refractivity contribution is 14.0. The molecule has 1 heteroatoms. The standard InChI is InChI=1S/C11H20.HI/c1-11(2)8-7-9-5-3-4-6-10(9)11;/h9-10H,3-8H2,1-2H3;1H. The Morgan fingerprint density at radius 2 is 1.67 bits per heavy atom. The molecule has 0 N–H and O–H groups in total. The molecule has 0 aromatic carbocycles. The lowest BCUT2D eigenvalue weighted by Crippen LogP contribution is -2.24. The first-order valence-electron chi connectivity index (χ1n) is 5.20. The van der Waals surface area contributed by atoms with Gasteiger partial charge in [-0.25, -0.2) is 0 Å². The molecule has 2 aliphatic carbocycles. The van der Waals surface area contributed by atoms with Crippen LogP contribution in [0.25, 0.3) is 0 Å². The predicted molar refractivity (Wildman–Crippen MR) is 63.9 cm³/mol. The van der Waals surface area contributed by atoms with Crippen molar-refractivity contribution in [2.45, 2.75) is 52.4 Å². The monoisotopic (exact) mass is 280 g/mol. The number of hydrogen-bond donors (Lipinski definition) is 0. The van der Waals surface area contributed by atoms with Crippen LogP contribution in [-0.4, -0.2) is 0 Å². The van der Waals surface area contributed by atoms with Crippen molar-refractivity contribution >= 4 is 24.0 Å². The van der Waals surface area contributed by atoms with E-state index in [9.17, 15) is 0 Å². The fourth-order valence-electron chi connectivity index (χ4n) is 3.32. The van der Waals surface area contributed by atoms with E-state index in [1.165, 1.54) is 38.5 Å². The molecule has 0 bridgehead atoms. The molecular formula is C11H21I. The van der Waals surface area contributed by atoms with E-state index in [4.69, 9.17) is 0 Å². The van der Waals surface area contributed by atoms with Crippen LogP contribution in [0, 0.1) is 17.3 Å². The van der Waals surface area contributed by atoms with Crippen LogP contribution in [-0.2, 0) is 0 Å². The maximum atomic E-state index is 2.48. The van der Waals surface area contributed by atoms with Crippen molar-refractivity contribution in [3.63, 3.8) is 0 Å². The second-order valence-corrected chi connectivity index (χ2v) is 5.18. The van der Waals surface area contributed by atoms with E-state index < -0.39 is 0 Å². The Labute approximate surface area is 93.5 Å². The molecule has 0 heterocycles. The van der Waals surface area contributed by atoms with E-state index in [0.29, 0.717) is 5.41 Å². The van der Waals surface area contributed by atoms with Crippen LogP contribution in [0.2, 0.25) is 0 Å². The highest BCUT2D eigenvalue weighted by Gasteiger charge is 2.42. The maximum absolute atomic E-state index is 2.48. The van der Waals surface area contributed by atoms with Gasteiger partial charge in [-0.3, -0.25) is 0 Å². The molecule has 0 saturated heterocycles. The van der Waals surface area contributed by atoms with Crippen LogP contribution >= 0.6 is 24.0 Å². The van der Waals surface area contributed by atoms with E-state index in [0.717, 1.165) is 11.8 Å². The van der Waals surface area contributed by atoms with Gasteiger partial charge in [-0.1, -0.05) is 33.1 Å². The quantitative estimate of drug-likeness (QED) is 0.582. The van der Waals surface area contributed by atoms with Crippen molar-refractivity contribution in [3.8, 4) is 0 Å². The van der Waals surface area contributed by atoms with E-state index >= 15 is 0 Å². The van der Waals surface area contributed by atoms with Gasteiger partial charge in [0.2, 0.25) is 0 Å². The summed E-state index contributed by atoms with van der Waals surface area (Å²) in [6, 6.07) is 0. The van der Waals surface area contributed by atoms with Gasteiger partial charge in [0.1, 0.15) is 0 Å². The van der Waals surface area contributed by atoms with Crippen LogP contribution in [0.1, 0.15) is 52.4 Å². The second kappa shape index (κ2) is 3.85. The zero-order chi connectivity index (χ0) is 7.90. The highest BCUT2D eigenvalue weighted by atomic mass is 127. The van der Waals surface area contributed by atoms with Gasteiger partial charge in [0, 0.05) is 0 Å². The maximum Gasteiger partial charge on any atom is -0.0323 e. The topological polar surface area (TPSA) is 0 Å². The van der Waals surface area contributed by atoms with Gasteiger partial charge >= 0.3 is 0 Å². The Kier molecular flexibility index (Phi) is 3.47. The van der Waals surface area contributed by atoms with Crippen molar-refractivity contribution in [3.05, 3.63) is 0 Å². The number of rotatable bonds is 0. The average molecular weight is 280 g/mol. The molecule has 2 aliphatic rings. The number of halogens is 1. The Morgan fingerprint density at radius 1 is 1.00 bits per heavy atom. The predicted octanol–water partition coefficient (Wildman–Crippen LogP) is 4.23. The minimum absolute atomic E-state index is 0. The van der Waals surface area contributed by atoms with Crippen molar-refractivity contribution in [2.24, 2.45) is 17.3 Å². The highest BCUT2D eigenvalue weighted by Crippen LogP contribution is 2.52. The third-order valence-electron chi connectivity index (χ3n) is 4.07. The molecule has 2 atom stereocenters. The fourth-order valence-corrected chi connectivity index (χ4v) is 3.32. The summed E-state index contributed by atoms with van der Waals surface area (Å²) in [7, 11) is 0. The molecule has 0 aliphatic heterocycles. The van der Waals surface area contributed by atoms with Gasteiger partial charge < -0.3 is 0 Å². The number of hydrogen-bond acceptors (Lipinski definition) is 0. The summed E-state index contributed by atoms with van der Waals surface area (Å²) in [6.45, 7) is 4.95. The van der Waals surface area contributed by atoms with Gasteiger partial charge in [0.15, 0.2) is 0 Å². The molecule has 0 spiro atoms. The molecule has 12 heavy (non-hydrogen) atoms. The Balaban J connectivity index is 0.000000720. The van der Waals surface area contributed by atoms with Gasteiger partial charge in [-0.2, -0.15) is 0 Å². The minimum atomic E-state index is 0. The Hall–Kier alpha value is 0.730. The average Bonchev–Trinajstić information content (AvgIpc) is 2.29. The molecule has 72 valence electrons. The Bertz CT molecular complexity index is 151. The van der Waals surface area contributed by atoms with Crippen LogP contribution in [0.4, 0.5) is 0 Å². The van der Waals surface area contributed by atoms with E-state index in [2.05, 4.69) is 13.8 Å². The first-order valence-corrected chi connectivity index (χ1v) is 5.20. The summed E-state index contributed by atoms with van der Waals surface area (Å²) in [5.74, 6) is 2.19. The van der Waals surface area contributed by atoms with Crippen molar-refractivity contribution < 1.29 is 0 Å². The molecule has 2 saturated carbocycles. The summed E-state index contributed by atoms with van der Waals surface area (Å²) in [6.07, 6.45) is 9.09. The van der Waals surface area contributed by atoms with Crippen molar-refractivity contribution in [1.82, 2.24) is 0 Å². The van der Waals surface area contributed by atoms with E-state index in [-0.39, 0.29) is 24.0 Å². The molecule has 0 aromatic rings. The van der Waals surface area contributed by atoms with Gasteiger partial charge in [0.25, 0.3) is 0 Å². The SMILES string of the molecule is CC1(C)CCC2CCCCC21.I. The smallest absolute Gasteiger partial charge is 0.0323 e. The minimum Gasteiger partial charge on any atom is -0.107 e. The normalized spacial score (nSPS) is 38.5. The zero-order valence-electron chi connectivity index (χ0n) is 8.31. The molecular weight excluding hydrogens is 259 g/mol. The van der Waals surface area contributed by atoms with Crippen LogP contribution < -0.4 is 0 Å². The molecule has 2 fully saturated rings. The van der Waals surface area contributed by atoms with Crippen LogP contribution in [0.15, 0.2) is 0 Å². The summed E-state index contributed by atoms with van der Waals surface area (Å²) in [5.41, 5.74) is 0.686. The van der Waals surface area contributed by atoms with E-state index in [1.54, 1.807) is 0 Å². The second-order valence-electron chi connectivity index (χ2n) is 5.18. The molecule has 2 rings (SSSR count). The zero-order valence-corrected chi connectivity index (χ0v) is 10.6. The van der Waals surface area contributed by atoms with Gasteiger partial charge in [0.05, 0.1) is 0 Å². The lowest BCUT2D eigenvalue weighted by molar-refractivity contribution is 0.164.